The lowest BCUT2D eigenvalue weighted by Crippen LogP contribution is -1.88. The van der Waals surface area contributed by atoms with E-state index in [1.165, 1.54) is 6.08 Å². The zero-order chi connectivity index (χ0) is 7.07. The van der Waals surface area contributed by atoms with Crippen LogP contribution in [0.15, 0.2) is 11.6 Å². The van der Waals surface area contributed by atoms with Gasteiger partial charge in [-0.25, -0.2) is 4.79 Å². The summed E-state index contributed by atoms with van der Waals surface area (Å²) in [6.07, 6.45) is 2.25. The van der Waals surface area contributed by atoms with Crippen LogP contribution < -0.4 is 0 Å². The maximum absolute atomic E-state index is 10.1. The predicted octanol–water partition coefficient (Wildman–Crippen LogP) is 1.43. The number of aliphatic carboxylic acids is 1. The first-order valence-electron chi connectivity index (χ1n) is 2.96. The fourth-order valence-corrected chi connectivity index (χ4v) is 0.827. The van der Waals surface area contributed by atoms with Crippen molar-refractivity contribution in [2.24, 2.45) is 5.41 Å². The molecule has 2 nitrogen and oxygen atoms in total. The molecule has 0 heterocycles. The Hall–Kier alpha value is -0.790. The van der Waals surface area contributed by atoms with Crippen LogP contribution in [0.2, 0.25) is 0 Å². The van der Waals surface area contributed by atoms with E-state index in [1.807, 2.05) is 13.8 Å². The molecular weight excluding hydrogens is 116 g/mol. The van der Waals surface area contributed by atoms with Crippen molar-refractivity contribution >= 4 is 5.97 Å². The molecule has 0 spiro atoms. The minimum absolute atomic E-state index is 0.179. The summed E-state index contributed by atoms with van der Waals surface area (Å²) in [6.45, 7) is 4.09. The molecule has 0 aromatic rings. The zero-order valence-electron chi connectivity index (χ0n) is 5.64. The number of hydrogen-bond donors (Lipinski definition) is 1. The molecule has 0 unspecified atom stereocenters. The summed E-state index contributed by atoms with van der Waals surface area (Å²) in [6, 6.07) is 0. The standard InChI is InChI=1S/C7H10O2/c1-7(2)4-5(7)3-6(8)9/h3H,4H2,1-2H3,(H,8,9)/b5-3+. The van der Waals surface area contributed by atoms with E-state index in [2.05, 4.69) is 0 Å². The van der Waals surface area contributed by atoms with Gasteiger partial charge in [-0.1, -0.05) is 19.4 Å². The van der Waals surface area contributed by atoms with E-state index in [1.54, 1.807) is 0 Å². The van der Waals surface area contributed by atoms with E-state index in [-0.39, 0.29) is 5.41 Å². The lowest BCUT2D eigenvalue weighted by molar-refractivity contribution is -0.131. The molecule has 1 saturated carbocycles. The number of carboxylic acids is 1. The van der Waals surface area contributed by atoms with Gasteiger partial charge in [0.2, 0.25) is 0 Å². The molecule has 1 aliphatic carbocycles. The van der Waals surface area contributed by atoms with Gasteiger partial charge < -0.3 is 5.11 Å². The summed E-state index contributed by atoms with van der Waals surface area (Å²) in [5.74, 6) is -0.824. The van der Waals surface area contributed by atoms with Gasteiger partial charge in [0, 0.05) is 6.08 Å². The highest BCUT2D eigenvalue weighted by molar-refractivity contribution is 5.82. The third-order valence-corrected chi connectivity index (χ3v) is 1.67. The van der Waals surface area contributed by atoms with E-state index in [0.29, 0.717) is 0 Å². The van der Waals surface area contributed by atoms with Crippen molar-refractivity contribution in [3.8, 4) is 0 Å². The van der Waals surface area contributed by atoms with Crippen LogP contribution in [0.3, 0.4) is 0 Å². The molecular formula is C7H10O2. The first kappa shape index (κ1) is 6.33. The molecule has 1 fully saturated rings. The van der Waals surface area contributed by atoms with E-state index < -0.39 is 5.97 Å². The van der Waals surface area contributed by atoms with Crippen molar-refractivity contribution in [1.82, 2.24) is 0 Å². The Labute approximate surface area is 54.2 Å². The smallest absolute Gasteiger partial charge is 0.328 e. The first-order chi connectivity index (χ1) is 4.02. The quantitative estimate of drug-likeness (QED) is 0.539. The van der Waals surface area contributed by atoms with Gasteiger partial charge >= 0.3 is 5.97 Å². The summed E-state index contributed by atoms with van der Waals surface area (Å²) in [5, 5.41) is 8.28. The number of carbonyl (C=O) groups is 1. The topological polar surface area (TPSA) is 37.3 Å². The molecule has 0 aromatic carbocycles. The molecule has 1 N–H and O–H groups in total. The van der Waals surface area contributed by atoms with Crippen LogP contribution in [0.25, 0.3) is 0 Å². The van der Waals surface area contributed by atoms with Crippen LogP contribution in [-0.4, -0.2) is 11.1 Å². The highest BCUT2D eigenvalue weighted by Gasteiger charge is 2.39. The number of allylic oxidation sites excluding steroid dienone is 1. The van der Waals surface area contributed by atoms with Crippen LogP contribution in [0, 0.1) is 5.41 Å². The highest BCUT2D eigenvalue weighted by Crippen LogP contribution is 2.50. The Balaban J connectivity index is 2.60. The van der Waals surface area contributed by atoms with Crippen LogP contribution >= 0.6 is 0 Å². The van der Waals surface area contributed by atoms with Gasteiger partial charge in [0.15, 0.2) is 0 Å². The zero-order valence-corrected chi connectivity index (χ0v) is 5.64. The van der Waals surface area contributed by atoms with Gasteiger partial charge in [-0.3, -0.25) is 0 Å². The minimum Gasteiger partial charge on any atom is -0.478 e. The van der Waals surface area contributed by atoms with Gasteiger partial charge in [0.25, 0.3) is 0 Å². The van der Waals surface area contributed by atoms with Crippen molar-refractivity contribution in [3.63, 3.8) is 0 Å². The normalized spacial score (nSPS) is 26.2. The van der Waals surface area contributed by atoms with Gasteiger partial charge in [0.05, 0.1) is 0 Å². The largest absolute Gasteiger partial charge is 0.478 e. The molecule has 50 valence electrons. The maximum Gasteiger partial charge on any atom is 0.328 e. The van der Waals surface area contributed by atoms with Crippen molar-refractivity contribution in [2.75, 3.05) is 0 Å². The van der Waals surface area contributed by atoms with Gasteiger partial charge in [-0.2, -0.15) is 0 Å². The minimum atomic E-state index is -0.824. The van der Waals surface area contributed by atoms with E-state index in [9.17, 15) is 4.79 Å². The average molecular weight is 126 g/mol. The third-order valence-electron chi connectivity index (χ3n) is 1.67. The molecule has 9 heavy (non-hydrogen) atoms. The fraction of sp³-hybridized carbons (Fsp3) is 0.571. The molecule has 0 aliphatic heterocycles. The van der Waals surface area contributed by atoms with Crippen LogP contribution in [0.5, 0.6) is 0 Å². The lowest BCUT2D eigenvalue weighted by atomic mass is 10.2. The molecule has 0 atom stereocenters. The van der Waals surface area contributed by atoms with Crippen LogP contribution in [0.4, 0.5) is 0 Å². The summed E-state index contributed by atoms with van der Waals surface area (Å²) in [7, 11) is 0. The third kappa shape index (κ3) is 1.31. The SMILES string of the molecule is CC1(C)C/C1=C\C(=O)O. The average Bonchev–Trinajstić information content (AvgIpc) is 2.10. The number of carboxylic acid groups (broad SMARTS) is 1. The fourth-order valence-electron chi connectivity index (χ4n) is 0.827. The second-order valence-corrected chi connectivity index (χ2v) is 3.07. The van der Waals surface area contributed by atoms with Crippen molar-refractivity contribution < 1.29 is 9.90 Å². The van der Waals surface area contributed by atoms with E-state index in [4.69, 9.17) is 5.11 Å². The summed E-state index contributed by atoms with van der Waals surface area (Å²) >= 11 is 0. The Bertz CT molecular complexity index is 177. The molecule has 0 saturated heterocycles. The maximum atomic E-state index is 10.1. The Kier molecular flexibility index (Phi) is 1.12. The summed E-state index contributed by atoms with van der Waals surface area (Å²) in [4.78, 5) is 10.1. The molecule has 1 rings (SSSR count). The first-order valence-corrected chi connectivity index (χ1v) is 2.96. The van der Waals surface area contributed by atoms with E-state index >= 15 is 0 Å². The van der Waals surface area contributed by atoms with Crippen molar-refractivity contribution in [3.05, 3.63) is 11.6 Å². The Morgan fingerprint density at radius 2 is 2.22 bits per heavy atom. The molecule has 0 aromatic heterocycles. The van der Waals surface area contributed by atoms with Crippen molar-refractivity contribution in [1.29, 1.82) is 0 Å². The molecule has 2 heteroatoms. The van der Waals surface area contributed by atoms with Crippen molar-refractivity contribution in [2.45, 2.75) is 20.3 Å². The van der Waals surface area contributed by atoms with Crippen LogP contribution in [0.1, 0.15) is 20.3 Å². The number of hydrogen-bond acceptors (Lipinski definition) is 1. The van der Waals surface area contributed by atoms with E-state index in [0.717, 1.165) is 12.0 Å². The Morgan fingerprint density at radius 1 is 1.78 bits per heavy atom. The molecule has 0 radical (unpaired) electrons. The van der Waals surface area contributed by atoms with Gasteiger partial charge in [-0.15, -0.1) is 0 Å². The molecule has 1 aliphatic rings. The van der Waals surface area contributed by atoms with Gasteiger partial charge in [-0.05, 0) is 11.8 Å². The summed E-state index contributed by atoms with van der Waals surface area (Å²) < 4.78 is 0. The highest BCUT2D eigenvalue weighted by atomic mass is 16.4. The monoisotopic (exact) mass is 126 g/mol. The lowest BCUT2D eigenvalue weighted by Gasteiger charge is -1.89. The molecule has 0 amide bonds. The molecule has 0 bridgehead atoms. The second-order valence-electron chi connectivity index (χ2n) is 3.07. The predicted molar refractivity (Wildman–Crippen MR) is 34.1 cm³/mol. The van der Waals surface area contributed by atoms with Gasteiger partial charge in [0.1, 0.15) is 0 Å². The second kappa shape index (κ2) is 1.59. The summed E-state index contributed by atoms with van der Waals surface area (Å²) in [5.41, 5.74) is 1.23. The van der Waals surface area contributed by atoms with Crippen LogP contribution in [-0.2, 0) is 4.79 Å². The number of rotatable bonds is 1. The Morgan fingerprint density at radius 3 is 2.33 bits per heavy atom.